The summed E-state index contributed by atoms with van der Waals surface area (Å²) in [5, 5.41) is 4.26. The van der Waals surface area contributed by atoms with Crippen LogP contribution in [0.5, 0.6) is 0 Å². The number of hydrogen-bond acceptors (Lipinski definition) is 2. The van der Waals surface area contributed by atoms with Gasteiger partial charge in [-0.25, -0.2) is 0 Å². The van der Waals surface area contributed by atoms with Gasteiger partial charge >= 0.3 is 0 Å². The predicted octanol–water partition coefficient (Wildman–Crippen LogP) is 4.64. The van der Waals surface area contributed by atoms with Crippen molar-refractivity contribution in [3.8, 4) is 0 Å². The molecule has 1 heterocycles. The smallest absolute Gasteiger partial charge is 0.0455 e. The van der Waals surface area contributed by atoms with Crippen molar-refractivity contribution >= 4 is 23.0 Å². The first kappa shape index (κ1) is 14.3. The molecule has 0 amide bonds. The third kappa shape index (κ3) is 3.16. The van der Waals surface area contributed by atoms with Gasteiger partial charge in [-0.15, -0.1) is 0 Å². The van der Waals surface area contributed by atoms with Crippen LogP contribution in [-0.4, -0.2) is 13.6 Å². The Bertz CT molecular complexity index is 652. The molecule has 2 aromatic carbocycles. The van der Waals surface area contributed by atoms with Crippen molar-refractivity contribution in [3.63, 3.8) is 0 Å². The maximum atomic E-state index is 6.16. The molecule has 1 aliphatic heterocycles. The first-order valence-corrected chi connectivity index (χ1v) is 7.84. The summed E-state index contributed by atoms with van der Waals surface area (Å²) in [5.74, 6) is 0. The summed E-state index contributed by atoms with van der Waals surface area (Å²) < 4.78 is 0. The average Bonchev–Trinajstić information content (AvgIpc) is 2.49. The van der Waals surface area contributed by atoms with Crippen LogP contribution >= 0.6 is 11.6 Å². The second-order valence-corrected chi connectivity index (χ2v) is 6.21. The molecule has 2 aromatic rings. The fourth-order valence-electron chi connectivity index (χ4n) is 2.86. The number of fused-ring (bicyclic) bond motifs is 1. The van der Waals surface area contributed by atoms with Gasteiger partial charge in [-0.1, -0.05) is 29.8 Å². The molecule has 0 aromatic heterocycles. The lowest BCUT2D eigenvalue weighted by molar-refractivity contribution is 0.743. The van der Waals surface area contributed by atoms with E-state index in [0.717, 1.165) is 29.4 Å². The molecule has 0 atom stereocenters. The van der Waals surface area contributed by atoms with Crippen molar-refractivity contribution < 1.29 is 0 Å². The summed E-state index contributed by atoms with van der Waals surface area (Å²) in [5.41, 5.74) is 6.34. The van der Waals surface area contributed by atoms with Crippen LogP contribution in [0, 0.1) is 6.92 Å². The maximum absolute atomic E-state index is 6.16. The van der Waals surface area contributed by atoms with Crippen molar-refractivity contribution in [2.45, 2.75) is 26.3 Å². The summed E-state index contributed by atoms with van der Waals surface area (Å²) in [4.78, 5) is 2.34. The third-order valence-corrected chi connectivity index (χ3v) is 4.57. The Morgan fingerprint density at radius 1 is 1.19 bits per heavy atom. The zero-order valence-corrected chi connectivity index (χ0v) is 13.4. The third-order valence-electron chi connectivity index (χ3n) is 4.16. The molecule has 3 heteroatoms. The van der Waals surface area contributed by atoms with Gasteiger partial charge in [0.2, 0.25) is 0 Å². The van der Waals surface area contributed by atoms with E-state index in [9.17, 15) is 0 Å². The highest BCUT2D eigenvalue weighted by Crippen LogP contribution is 2.27. The quantitative estimate of drug-likeness (QED) is 0.888. The van der Waals surface area contributed by atoms with Crippen molar-refractivity contribution in [2.24, 2.45) is 0 Å². The van der Waals surface area contributed by atoms with Crippen LogP contribution < -0.4 is 10.2 Å². The normalized spacial score (nSPS) is 14.0. The van der Waals surface area contributed by atoms with Crippen LogP contribution in [0.4, 0.5) is 11.4 Å². The maximum Gasteiger partial charge on any atom is 0.0455 e. The van der Waals surface area contributed by atoms with E-state index in [1.165, 1.54) is 29.7 Å². The van der Waals surface area contributed by atoms with Crippen LogP contribution in [-0.2, 0) is 13.0 Å². The van der Waals surface area contributed by atoms with Gasteiger partial charge < -0.3 is 10.2 Å². The predicted molar refractivity (Wildman–Crippen MR) is 91.5 cm³/mol. The summed E-state index contributed by atoms with van der Waals surface area (Å²) in [7, 11) is 2.17. The van der Waals surface area contributed by atoms with Crippen LogP contribution in [0.15, 0.2) is 36.4 Å². The van der Waals surface area contributed by atoms with E-state index < -0.39 is 0 Å². The summed E-state index contributed by atoms with van der Waals surface area (Å²) in [6.45, 7) is 4.01. The lowest BCUT2D eigenvalue weighted by atomic mass is 9.99. The van der Waals surface area contributed by atoms with Gasteiger partial charge in [0.1, 0.15) is 0 Å². The summed E-state index contributed by atoms with van der Waals surface area (Å²) in [6.07, 6.45) is 2.43. The van der Waals surface area contributed by atoms with Crippen LogP contribution in [0.3, 0.4) is 0 Å². The minimum atomic E-state index is 0.812. The lowest BCUT2D eigenvalue weighted by Gasteiger charge is -2.27. The fraction of sp³-hybridized carbons (Fsp3) is 0.333. The molecule has 0 saturated carbocycles. The van der Waals surface area contributed by atoms with Gasteiger partial charge in [0.05, 0.1) is 0 Å². The highest BCUT2D eigenvalue weighted by atomic mass is 35.5. The molecule has 110 valence electrons. The number of rotatable bonds is 3. The van der Waals surface area contributed by atoms with E-state index in [1.54, 1.807) is 0 Å². The second-order valence-electron chi connectivity index (χ2n) is 5.81. The van der Waals surface area contributed by atoms with Crippen molar-refractivity contribution in [3.05, 3.63) is 58.1 Å². The summed E-state index contributed by atoms with van der Waals surface area (Å²) in [6, 6.07) is 12.9. The molecular formula is C18H21ClN2. The molecule has 21 heavy (non-hydrogen) atoms. The van der Waals surface area contributed by atoms with E-state index in [-0.39, 0.29) is 0 Å². The van der Waals surface area contributed by atoms with Crippen molar-refractivity contribution in [2.75, 3.05) is 23.8 Å². The number of hydrogen-bond donors (Lipinski definition) is 1. The van der Waals surface area contributed by atoms with Gasteiger partial charge in [0.25, 0.3) is 0 Å². The zero-order valence-electron chi connectivity index (χ0n) is 12.6. The van der Waals surface area contributed by atoms with Crippen LogP contribution in [0.2, 0.25) is 5.02 Å². The second kappa shape index (κ2) is 5.98. The highest BCUT2D eigenvalue weighted by Gasteiger charge is 2.13. The van der Waals surface area contributed by atoms with Gasteiger partial charge in [0, 0.05) is 36.5 Å². The Morgan fingerprint density at radius 2 is 2.05 bits per heavy atom. The van der Waals surface area contributed by atoms with E-state index in [0.29, 0.717) is 0 Å². The minimum absolute atomic E-state index is 0.812. The Morgan fingerprint density at radius 3 is 2.86 bits per heavy atom. The Hall–Kier alpha value is -1.67. The Labute approximate surface area is 131 Å². The molecule has 0 saturated heterocycles. The van der Waals surface area contributed by atoms with Gasteiger partial charge in [0.15, 0.2) is 0 Å². The fourth-order valence-corrected chi connectivity index (χ4v) is 3.04. The van der Waals surface area contributed by atoms with E-state index in [2.05, 4.69) is 41.5 Å². The Kier molecular flexibility index (Phi) is 4.07. The molecule has 0 aliphatic carbocycles. The topological polar surface area (TPSA) is 15.3 Å². The zero-order chi connectivity index (χ0) is 14.8. The van der Waals surface area contributed by atoms with Gasteiger partial charge in [-0.05, 0) is 54.7 Å². The van der Waals surface area contributed by atoms with Gasteiger partial charge in [-0.2, -0.15) is 0 Å². The SMILES string of the molecule is Cc1ccc(NCc2ccc3c(c2)CCCN3C)cc1Cl. The molecule has 1 N–H and O–H groups in total. The molecular weight excluding hydrogens is 280 g/mol. The number of nitrogens with zero attached hydrogens (tertiary/aromatic N) is 1. The molecule has 2 nitrogen and oxygen atoms in total. The first-order valence-electron chi connectivity index (χ1n) is 7.46. The summed E-state index contributed by atoms with van der Waals surface area (Å²) >= 11 is 6.16. The molecule has 3 rings (SSSR count). The Balaban J connectivity index is 1.72. The molecule has 1 aliphatic rings. The largest absolute Gasteiger partial charge is 0.381 e. The number of benzene rings is 2. The molecule has 0 unspecified atom stereocenters. The van der Waals surface area contributed by atoms with E-state index in [4.69, 9.17) is 11.6 Å². The number of aryl methyl sites for hydroxylation is 2. The molecule has 0 spiro atoms. The van der Waals surface area contributed by atoms with Crippen LogP contribution in [0.25, 0.3) is 0 Å². The van der Waals surface area contributed by atoms with E-state index >= 15 is 0 Å². The minimum Gasteiger partial charge on any atom is -0.381 e. The first-order chi connectivity index (χ1) is 10.1. The average molecular weight is 301 g/mol. The molecule has 0 radical (unpaired) electrons. The van der Waals surface area contributed by atoms with Crippen LogP contribution in [0.1, 0.15) is 23.1 Å². The molecule has 0 fully saturated rings. The highest BCUT2D eigenvalue weighted by molar-refractivity contribution is 6.31. The number of halogens is 1. The number of nitrogens with one attached hydrogen (secondary N) is 1. The van der Waals surface area contributed by atoms with Crippen molar-refractivity contribution in [1.82, 2.24) is 0 Å². The van der Waals surface area contributed by atoms with Crippen molar-refractivity contribution in [1.29, 1.82) is 0 Å². The van der Waals surface area contributed by atoms with Gasteiger partial charge in [-0.3, -0.25) is 0 Å². The standard InChI is InChI=1S/C18H21ClN2/c1-13-5-7-16(11-17(13)19)20-12-14-6-8-18-15(10-14)4-3-9-21(18)2/h5-8,10-11,20H,3-4,9,12H2,1-2H3. The molecule has 0 bridgehead atoms. The lowest BCUT2D eigenvalue weighted by Crippen LogP contribution is -2.24. The monoisotopic (exact) mass is 300 g/mol. The van der Waals surface area contributed by atoms with E-state index in [1.807, 2.05) is 19.1 Å². The number of anilines is 2.